The van der Waals surface area contributed by atoms with Crippen LogP contribution in [0.1, 0.15) is 20.3 Å². The van der Waals surface area contributed by atoms with E-state index in [-0.39, 0.29) is 0 Å². The molecule has 1 fully saturated rings. The quantitative estimate of drug-likeness (QED) is 0.690. The molecule has 0 aromatic carbocycles. The molecular weight excluding hydrogens is 194 g/mol. The number of hydrogen-bond acceptors (Lipinski definition) is 2. The van der Waals surface area contributed by atoms with Gasteiger partial charge in [-0.1, -0.05) is 6.92 Å². The fraction of sp³-hybridized carbons (Fsp3) is 0.900. The molecule has 0 bridgehead atoms. The number of hydrogen-bond donors (Lipinski definition) is 1. The minimum Gasteiger partial charge on any atom is -0.363 e. The van der Waals surface area contributed by atoms with E-state index in [9.17, 15) is 0 Å². The molecule has 82 valence electrons. The van der Waals surface area contributed by atoms with Crippen LogP contribution in [0.5, 0.6) is 0 Å². The van der Waals surface area contributed by atoms with Gasteiger partial charge in [-0.15, -0.1) is 0 Å². The van der Waals surface area contributed by atoms with Crippen LogP contribution in [-0.2, 0) is 0 Å². The molecule has 0 spiro atoms. The maximum absolute atomic E-state index is 5.33. The monoisotopic (exact) mass is 215 g/mol. The Bertz CT molecular complexity index is 196. The lowest BCUT2D eigenvalue weighted by Gasteiger charge is -2.39. The van der Waals surface area contributed by atoms with Crippen molar-refractivity contribution in [2.75, 3.05) is 33.2 Å². The van der Waals surface area contributed by atoms with Gasteiger partial charge in [-0.3, -0.25) is 0 Å². The van der Waals surface area contributed by atoms with Crippen molar-refractivity contribution in [2.45, 2.75) is 26.3 Å². The lowest BCUT2D eigenvalue weighted by atomic mass is 10.2. The Morgan fingerprint density at radius 2 is 2.21 bits per heavy atom. The van der Waals surface area contributed by atoms with Gasteiger partial charge in [-0.05, 0) is 32.6 Å². The van der Waals surface area contributed by atoms with Crippen molar-refractivity contribution >= 4 is 17.3 Å². The largest absolute Gasteiger partial charge is 0.363 e. The number of rotatable bonds is 2. The first kappa shape index (κ1) is 11.7. The second-order valence-corrected chi connectivity index (χ2v) is 4.39. The average Bonchev–Trinajstić information content (AvgIpc) is 2.18. The zero-order valence-corrected chi connectivity index (χ0v) is 10.2. The van der Waals surface area contributed by atoms with Crippen LogP contribution in [0.25, 0.3) is 0 Å². The lowest BCUT2D eigenvalue weighted by Crippen LogP contribution is -2.54. The van der Waals surface area contributed by atoms with Crippen LogP contribution in [0.15, 0.2) is 0 Å². The number of nitrogens with zero attached hydrogens (tertiary/aromatic N) is 2. The highest BCUT2D eigenvalue weighted by Crippen LogP contribution is 2.06. The van der Waals surface area contributed by atoms with Crippen LogP contribution < -0.4 is 5.32 Å². The molecule has 1 aliphatic heterocycles. The fourth-order valence-electron chi connectivity index (χ4n) is 1.58. The standard InChI is InChI=1S/C10H21N3S/c1-4-5-11-10(14)13-7-6-12(3)9(2)8-13/h9H,4-8H2,1-3H3,(H,11,14). The van der Waals surface area contributed by atoms with Gasteiger partial charge in [0, 0.05) is 32.2 Å². The first-order valence-corrected chi connectivity index (χ1v) is 5.79. The smallest absolute Gasteiger partial charge is 0.169 e. The molecule has 0 aliphatic carbocycles. The fourth-order valence-corrected chi connectivity index (χ4v) is 1.84. The molecule has 14 heavy (non-hydrogen) atoms. The van der Waals surface area contributed by atoms with Crippen LogP contribution in [0.2, 0.25) is 0 Å². The summed E-state index contributed by atoms with van der Waals surface area (Å²) in [6.45, 7) is 8.59. The summed E-state index contributed by atoms with van der Waals surface area (Å²) >= 11 is 5.33. The zero-order chi connectivity index (χ0) is 10.6. The Morgan fingerprint density at radius 3 is 2.79 bits per heavy atom. The molecule has 1 atom stereocenters. The van der Waals surface area contributed by atoms with Crippen LogP contribution in [0.4, 0.5) is 0 Å². The zero-order valence-electron chi connectivity index (χ0n) is 9.42. The Labute approximate surface area is 92.4 Å². The maximum atomic E-state index is 5.33. The summed E-state index contributed by atoms with van der Waals surface area (Å²) in [5.74, 6) is 0. The highest BCUT2D eigenvalue weighted by molar-refractivity contribution is 7.80. The Kier molecular flexibility index (Phi) is 4.62. The van der Waals surface area contributed by atoms with Gasteiger partial charge in [-0.25, -0.2) is 0 Å². The molecule has 0 saturated carbocycles. The average molecular weight is 215 g/mol. The molecule has 0 amide bonds. The normalized spacial score (nSPS) is 23.6. The molecule has 0 radical (unpaired) electrons. The molecule has 0 aromatic heterocycles. The molecule has 0 aromatic rings. The van der Waals surface area contributed by atoms with Crippen molar-refractivity contribution in [3.63, 3.8) is 0 Å². The Hall–Kier alpha value is -0.350. The van der Waals surface area contributed by atoms with Crippen molar-refractivity contribution < 1.29 is 0 Å². The first-order valence-electron chi connectivity index (χ1n) is 5.38. The molecule has 1 saturated heterocycles. The van der Waals surface area contributed by atoms with Crippen molar-refractivity contribution in [2.24, 2.45) is 0 Å². The number of piperazine rings is 1. The van der Waals surface area contributed by atoms with Crippen LogP contribution in [-0.4, -0.2) is 54.2 Å². The molecule has 3 nitrogen and oxygen atoms in total. The SMILES string of the molecule is CCCNC(=S)N1CCN(C)C(C)C1. The highest BCUT2D eigenvalue weighted by atomic mass is 32.1. The third-order valence-corrected chi connectivity index (χ3v) is 3.18. The van der Waals surface area contributed by atoms with Crippen LogP contribution in [0, 0.1) is 0 Å². The third kappa shape index (κ3) is 3.10. The second kappa shape index (κ2) is 5.51. The van der Waals surface area contributed by atoms with E-state index in [1.54, 1.807) is 0 Å². The highest BCUT2D eigenvalue weighted by Gasteiger charge is 2.21. The van der Waals surface area contributed by atoms with Gasteiger partial charge in [0.25, 0.3) is 0 Å². The molecule has 1 aliphatic rings. The van der Waals surface area contributed by atoms with E-state index < -0.39 is 0 Å². The van der Waals surface area contributed by atoms with Gasteiger partial charge in [-0.2, -0.15) is 0 Å². The lowest BCUT2D eigenvalue weighted by molar-refractivity contribution is 0.152. The topological polar surface area (TPSA) is 18.5 Å². The minimum absolute atomic E-state index is 0.602. The van der Waals surface area contributed by atoms with E-state index in [4.69, 9.17) is 12.2 Å². The summed E-state index contributed by atoms with van der Waals surface area (Å²) in [6.07, 6.45) is 1.13. The summed E-state index contributed by atoms with van der Waals surface area (Å²) in [6, 6.07) is 0.602. The first-order chi connectivity index (χ1) is 6.65. The summed E-state index contributed by atoms with van der Waals surface area (Å²) < 4.78 is 0. The van der Waals surface area contributed by atoms with Crippen LogP contribution in [0.3, 0.4) is 0 Å². The third-order valence-electron chi connectivity index (χ3n) is 2.77. The van der Waals surface area contributed by atoms with Crippen molar-refractivity contribution in [3.05, 3.63) is 0 Å². The summed E-state index contributed by atoms with van der Waals surface area (Å²) in [5, 5.41) is 4.20. The van der Waals surface area contributed by atoms with Gasteiger partial charge < -0.3 is 15.1 Å². The number of likely N-dealkylation sites (N-methyl/N-ethyl adjacent to an activating group) is 1. The van der Waals surface area contributed by atoms with Crippen molar-refractivity contribution in [1.29, 1.82) is 0 Å². The molecule has 4 heteroatoms. The minimum atomic E-state index is 0.602. The van der Waals surface area contributed by atoms with E-state index >= 15 is 0 Å². The van der Waals surface area contributed by atoms with E-state index in [1.165, 1.54) is 0 Å². The number of nitrogens with one attached hydrogen (secondary N) is 1. The molecule has 1 rings (SSSR count). The van der Waals surface area contributed by atoms with Gasteiger partial charge >= 0.3 is 0 Å². The molecular formula is C10H21N3S. The summed E-state index contributed by atoms with van der Waals surface area (Å²) in [4.78, 5) is 4.65. The van der Waals surface area contributed by atoms with Crippen molar-refractivity contribution in [3.8, 4) is 0 Å². The predicted octanol–water partition coefficient (Wildman–Crippen LogP) is 0.907. The van der Waals surface area contributed by atoms with E-state index in [0.29, 0.717) is 6.04 Å². The van der Waals surface area contributed by atoms with Gasteiger partial charge in [0.2, 0.25) is 0 Å². The molecule has 1 N–H and O–H groups in total. The Balaban J connectivity index is 2.34. The van der Waals surface area contributed by atoms with Crippen molar-refractivity contribution in [1.82, 2.24) is 15.1 Å². The second-order valence-electron chi connectivity index (χ2n) is 4.01. The van der Waals surface area contributed by atoms with E-state index in [2.05, 4.69) is 36.0 Å². The molecule has 1 unspecified atom stereocenters. The van der Waals surface area contributed by atoms with Gasteiger partial charge in [0.05, 0.1) is 0 Å². The molecule has 1 heterocycles. The maximum Gasteiger partial charge on any atom is 0.169 e. The summed E-state index contributed by atoms with van der Waals surface area (Å²) in [5.41, 5.74) is 0. The number of thiocarbonyl (C=S) groups is 1. The van der Waals surface area contributed by atoms with Gasteiger partial charge in [0.15, 0.2) is 5.11 Å². The summed E-state index contributed by atoms with van der Waals surface area (Å²) in [7, 11) is 2.17. The van der Waals surface area contributed by atoms with Gasteiger partial charge in [0.1, 0.15) is 0 Å². The predicted molar refractivity (Wildman–Crippen MR) is 64.6 cm³/mol. The van der Waals surface area contributed by atoms with Crippen LogP contribution >= 0.6 is 12.2 Å². The van der Waals surface area contributed by atoms with E-state index in [0.717, 1.165) is 37.7 Å². The Morgan fingerprint density at radius 1 is 1.50 bits per heavy atom. The van der Waals surface area contributed by atoms with E-state index in [1.807, 2.05) is 0 Å².